The van der Waals surface area contributed by atoms with Crippen LogP contribution < -0.4 is 57.3 Å². The molecule has 9 N–H and O–H groups in total. The zero-order valence-corrected chi connectivity index (χ0v) is 51.1. The molecule has 88 heavy (non-hydrogen) atoms. The predicted molar refractivity (Wildman–Crippen MR) is 346 cm³/mol. The third-order valence-electron chi connectivity index (χ3n) is 12.1. The normalized spacial score (nSPS) is 11.0. The number of anilines is 11. The molecule has 9 aromatic rings. The molecule has 7 amide bonds. The first-order valence-electron chi connectivity index (χ1n) is 28.2. The lowest BCUT2D eigenvalue weighted by Gasteiger charge is -2.12. The Morgan fingerprint density at radius 1 is 0.443 bits per heavy atom. The SMILES string of the molecule is C=CCOc1ccc(Nc2ccc(NC(=O)Nc3cc(C(C)(C)C)on3)cc2)cc1.CC(C)(C)c1cc(NC(=O)Nc2ccc(NC(=O)c3ccncc3)cc2)no1.CC(C)Oc1ccc(Nc2ccc(NC(=O)Nc3cc(C(C)(C)C)on3)cc2)cc1. The Morgan fingerprint density at radius 2 is 0.750 bits per heavy atom. The van der Waals surface area contributed by atoms with E-state index >= 15 is 0 Å². The Bertz CT molecular complexity index is 3690. The molecule has 0 saturated heterocycles. The van der Waals surface area contributed by atoms with Crippen LogP contribution in [0.5, 0.6) is 11.5 Å². The molecule has 0 unspecified atom stereocenters. The number of pyridine rings is 1. The number of carbonyl (C=O) groups excluding carboxylic acids is 4. The van der Waals surface area contributed by atoms with E-state index < -0.39 is 6.03 Å². The minimum Gasteiger partial charge on any atom is -0.491 e. The Kier molecular flexibility index (Phi) is 21.9. The fourth-order valence-corrected chi connectivity index (χ4v) is 7.53. The largest absolute Gasteiger partial charge is 0.491 e. The number of hydrogen-bond acceptors (Lipinski definition) is 15. The number of amides is 7. The quantitative estimate of drug-likeness (QED) is 0.0383. The number of hydrogen-bond donors (Lipinski definition) is 9. The lowest BCUT2D eigenvalue weighted by Crippen LogP contribution is -2.19. The van der Waals surface area contributed by atoms with Crippen LogP contribution in [0.2, 0.25) is 0 Å². The molecule has 0 bridgehead atoms. The number of aromatic nitrogens is 4. The van der Waals surface area contributed by atoms with Gasteiger partial charge in [-0.25, -0.2) is 14.4 Å². The highest BCUT2D eigenvalue weighted by molar-refractivity contribution is 6.04. The fraction of sp³-hybridized carbons (Fsp3) is 0.242. The van der Waals surface area contributed by atoms with Crippen LogP contribution in [0.15, 0.2) is 190 Å². The van der Waals surface area contributed by atoms with E-state index in [9.17, 15) is 19.2 Å². The summed E-state index contributed by atoms with van der Waals surface area (Å²) >= 11 is 0. The zero-order chi connectivity index (χ0) is 63.4. The van der Waals surface area contributed by atoms with Gasteiger partial charge in [-0.2, -0.15) is 0 Å². The summed E-state index contributed by atoms with van der Waals surface area (Å²) in [7, 11) is 0. The minimum atomic E-state index is -0.442. The van der Waals surface area contributed by atoms with Crippen LogP contribution >= 0.6 is 0 Å². The van der Waals surface area contributed by atoms with Gasteiger partial charge in [0.2, 0.25) is 0 Å². The lowest BCUT2D eigenvalue weighted by molar-refractivity contribution is 0.102. The van der Waals surface area contributed by atoms with E-state index in [4.69, 9.17) is 23.0 Å². The molecule has 5 aromatic carbocycles. The van der Waals surface area contributed by atoms with Crippen LogP contribution in [0.3, 0.4) is 0 Å². The number of carbonyl (C=O) groups is 4. The highest BCUT2D eigenvalue weighted by Crippen LogP contribution is 2.29. The van der Waals surface area contributed by atoms with E-state index in [1.165, 1.54) is 0 Å². The molecule has 4 aromatic heterocycles. The predicted octanol–water partition coefficient (Wildman–Crippen LogP) is 16.3. The molecule has 22 heteroatoms. The summed E-state index contributed by atoms with van der Waals surface area (Å²) in [5, 5.41) is 37.2. The van der Waals surface area contributed by atoms with Gasteiger partial charge in [-0.1, -0.05) is 90.4 Å². The molecule has 0 spiro atoms. The number of ether oxygens (including phenoxy) is 2. The van der Waals surface area contributed by atoms with Gasteiger partial charge in [0, 0.05) is 97.9 Å². The van der Waals surface area contributed by atoms with Crippen molar-refractivity contribution in [1.29, 1.82) is 0 Å². The van der Waals surface area contributed by atoms with Gasteiger partial charge in [0.1, 0.15) is 35.4 Å². The molecule has 0 saturated carbocycles. The highest BCUT2D eigenvalue weighted by Gasteiger charge is 2.23. The summed E-state index contributed by atoms with van der Waals surface area (Å²) in [6, 6.07) is 44.2. The first-order chi connectivity index (χ1) is 41.8. The fourth-order valence-electron chi connectivity index (χ4n) is 7.53. The molecule has 22 nitrogen and oxygen atoms in total. The van der Waals surface area contributed by atoms with Gasteiger partial charge >= 0.3 is 18.1 Å². The van der Waals surface area contributed by atoms with Crippen molar-refractivity contribution in [2.75, 3.05) is 54.5 Å². The van der Waals surface area contributed by atoms with Gasteiger partial charge in [-0.3, -0.25) is 25.7 Å². The van der Waals surface area contributed by atoms with Crippen LogP contribution in [0, 0.1) is 0 Å². The average Bonchev–Trinajstić information content (AvgIpc) is 4.50. The Morgan fingerprint density at radius 3 is 1.06 bits per heavy atom. The maximum atomic E-state index is 12.2. The monoisotopic (exact) mass is 1190 g/mol. The van der Waals surface area contributed by atoms with Crippen molar-refractivity contribution in [1.82, 2.24) is 20.5 Å². The standard InChI is InChI=1S/C23H28N4O3.C23H26N4O3.C20H21N5O3/c1-15(2)29-19-12-10-17(11-13-19)24-16-6-8-18(9-7-16)25-22(28)26-21-14-20(30-27-21)23(3,4)5;1-5-14-29-19-12-10-17(11-13-19)24-16-6-8-18(9-7-16)25-22(28)26-21-15-20(30-27-21)23(2,3)4;1-20(2,3)16-12-17(25-28-16)24-19(27)23-15-6-4-14(5-7-15)22-18(26)13-8-10-21-11-9-13/h6-15,24H,1-5H3,(H2,25,26,27,28);5-13,15,24H,1,14H2,2-4H3,(H2,25,26,27,28);4-12H,1-3H3,(H,22,26)(H2,23,24,25,27). The second-order valence-corrected chi connectivity index (χ2v) is 23.2. The molecule has 4 heterocycles. The number of rotatable bonds is 17. The number of benzene rings is 5. The van der Waals surface area contributed by atoms with E-state index in [1.54, 1.807) is 73.1 Å². The Hall–Kier alpha value is -10.9. The number of urea groups is 3. The summed E-state index contributed by atoms with van der Waals surface area (Å²) in [5.41, 5.74) is 6.15. The molecule has 9 rings (SSSR count). The van der Waals surface area contributed by atoms with Crippen molar-refractivity contribution in [3.63, 3.8) is 0 Å². The zero-order valence-electron chi connectivity index (χ0n) is 51.1. The Labute approximate surface area is 511 Å². The van der Waals surface area contributed by atoms with E-state index in [2.05, 4.69) is 74.9 Å². The van der Waals surface area contributed by atoms with Gasteiger partial charge in [0.15, 0.2) is 17.5 Å². The topological polar surface area (TPSA) is 286 Å². The summed E-state index contributed by atoms with van der Waals surface area (Å²) in [5.74, 6) is 4.56. The van der Waals surface area contributed by atoms with E-state index in [-0.39, 0.29) is 40.3 Å². The molecule has 0 aliphatic carbocycles. The van der Waals surface area contributed by atoms with Gasteiger partial charge < -0.3 is 54.9 Å². The number of nitrogens with one attached hydrogen (secondary N) is 9. The maximum Gasteiger partial charge on any atom is 0.324 e. The molecule has 0 atom stereocenters. The first-order valence-corrected chi connectivity index (χ1v) is 28.2. The van der Waals surface area contributed by atoms with Crippen molar-refractivity contribution in [3.05, 3.63) is 200 Å². The highest BCUT2D eigenvalue weighted by atomic mass is 16.5. The summed E-state index contributed by atoms with van der Waals surface area (Å²) < 4.78 is 26.9. The third-order valence-corrected chi connectivity index (χ3v) is 12.1. The van der Waals surface area contributed by atoms with Crippen LogP contribution in [0.25, 0.3) is 0 Å². The van der Waals surface area contributed by atoms with Crippen LogP contribution in [0.4, 0.5) is 77.3 Å². The van der Waals surface area contributed by atoms with E-state index in [0.717, 1.165) is 34.2 Å². The van der Waals surface area contributed by atoms with Crippen LogP contribution in [-0.2, 0) is 16.2 Å². The van der Waals surface area contributed by atoms with Crippen molar-refractivity contribution in [2.24, 2.45) is 0 Å². The first kappa shape index (κ1) is 64.7. The third kappa shape index (κ3) is 21.0. The molecular formula is C66H75N13O9. The second-order valence-electron chi connectivity index (χ2n) is 23.2. The second kappa shape index (κ2) is 29.8. The van der Waals surface area contributed by atoms with Gasteiger partial charge in [0.05, 0.1) is 6.10 Å². The summed E-state index contributed by atoms with van der Waals surface area (Å²) in [4.78, 5) is 52.5. The summed E-state index contributed by atoms with van der Waals surface area (Å²) in [6.45, 7) is 26.2. The van der Waals surface area contributed by atoms with Crippen molar-refractivity contribution < 1.29 is 42.2 Å². The summed E-state index contributed by atoms with van der Waals surface area (Å²) in [6.07, 6.45) is 4.96. The van der Waals surface area contributed by atoms with Crippen molar-refractivity contribution in [3.8, 4) is 11.5 Å². The molecule has 0 aliphatic heterocycles. The molecule has 0 aliphatic rings. The maximum absolute atomic E-state index is 12.2. The molecule has 0 fully saturated rings. The van der Waals surface area contributed by atoms with Gasteiger partial charge in [0.25, 0.3) is 5.91 Å². The van der Waals surface area contributed by atoms with Crippen molar-refractivity contribution >= 4 is 87.0 Å². The Balaban J connectivity index is 0.000000188. The van der Waals surface area contributed by atoms with E-state index in [0.29, 0.717) is 69.7 Å². The van der Waals surface area contributed by atoms with E-state index in [1.807, 2.05) is 173 Å². The smallest absolute Gasteiger partial charge is 0.324 e. The van der Waals surface area contributed by atoms with Crippen molar-refractivity contribution in [2.45, 2.75) is 98.5 Å². The minimum absolute atomic E-state index is 0.144. The van der Waals surface area contributed by atoms with Gasteiger partial charge in [-0.15, -0.1) is 0 Å². The molecular weight excluding hydrogens is 1120 g/mol. The molecule has 458 valence electrons. The van der Waals surface area contributed by atoms with Gasteiger partial charge in [-0.05, 0) is 147 Å². The number of nitrogens with zero attached hydrogens (tertiary/aromatic N) is 4. The lowest BCUT2D eigenvalue weighted by atomic mass is 9.93. The van der Waals surface area contributed by atoms with Crippen LogP contribution in [-0.4, -0.2) is 57.2 Å². The molecule has 0 radical (unpaired) electrons. The average molecular weight is 1190 g/mol. The van der Waals surface area contributed by atoms with Crippen LogP contribution in [0.1, 0.15) is 104 Å².